The highest BCUT2D eigenvalue weighted by molar-refractivity contribution is 7.99. The number of nitrogens with one attached hydrogen (secondary N) is 1. The normalized spacial score (nSPS) is 26.6. The Morgan fingerprint density at radius 2 is 2.14 bits per heavy atom. The zero-order valence-corrected chi connectivity index (χ0v) is 14.9. The lowest BCUT2D eigenvalue weighted by Gasteiger charge is -2.32. The fourth-order valence-electron chi connectivity index (χ4n) is 3.17. The van der Waals surface area contributed by atoms with Crippen LogP contribution in [-0.4, -0.2) is 79.3 Å². The number of morpholine rings is 1. The third-order valence-corrected chi connectivity index (χ3v) is 5.79. The van der Waals surface area contributed by atoms with Gasteiger partial charge in [0, 0.05) is 44.5 Å². The Bertz CT molecular complexity index is 335. The van der Waals surface area contributed by atoms with E-state index in [0.29, 0.717) is 6.04 Å². The van der Waals surface area contributed by atoms with E-state index in [1.54, 1.807) is 0 Å². The summed E-state index contributed by atoms with van der Waals surface area (Å²) >= 11 is 2.04. The highest BCUT2D eigenvalue weighted by atomic mass is 32.2. The Hall–Kier alpha value is -0.460. The van der Waals surface area contributed by atoms with Crippen LogP contribution >= 0.6 is 11.8 Å². The number of carbonyl (C=O) groups is 1. The SMILES string of the molecule is CCS[C@@H]1CCC[C@H](NC(=O)N(C)CCN2CCOCC2)C1. The third-order valence-electron chi connectivity index (χ3n) is 4.56. The van der Waals surface area contributed by atoms with Gasteiger partial charge in [-0.1, -0.05) is 13.3 Å². The van der Waals surface area contributed by atoms with Gasteiger partial charge >= 0.3 is 6.03 Å². The molecule has 1 N–H and O–H groups in total. The van der Waals surface area contributed by atoms with Crippen LogP contribution in [0.1, 0.15) is 32.6 Å². The van der Waals surface area contributed by atoms with Gasteiger partial charge in [0.25, 0.3) is 0 Å². The van der Waals surface area contributed by atoms with Gasteiger partial charge in [-0.25, -0.2) is 4.79 Å². The number of thioether (sulfide) groups is 1. The lowest BCUT2D eigenvalue weighted by atomic mass is 9.95. The number of nitrogens with zero attached hydrogens (tertiary/aromatic N) is 2. The molecule has 1 saturated heterocycles. The van der Waals surface area contributed by atoms with Crippen LogP contribution in [0.4, 0.5) is 4.79 Å². The van der Waals surface area contributed by atoms with Gasteiger partial charge in [-0.3, -0.25) is 4.90 Å². The van der Waals surface area contributed by atoms with Crippen LogP contribution in [0.15, 0.2) is 0 Å². The molecule has 0 spiro atoms. The summed E-state index contributed by atoms with van der Waals surface area (Å²) in [7, 11) is 1.90. The van der Waals surface area contributed by atoms with Crippen LogP contribution < -0.4 is 5.32 Å². The first-order valence-electron chi connectivity index (χ1n) is 8.62. The van der Waals surface area contributed by atoms with Crippen LogP contribution in [-0.2, 0) is 4.74 Å². The van der Waals surface area contributed by atoms with E-state index in [2.05, 4.69) is 17.1 Å². The number of hydrogen-bond donors (Lipinski definition) is 1. The molecule has 2 atom stereocenters. The number of carbonyl (C=O) groups excluding carboxylic acids is 1. The van der Waals surface area contributed by atoms with Crippen LogP contribution in [0.2, 0.25) is 0 Å². The Balaban J connectivity index is 1.66. The van der Waals surface area contributed by atoms with Crippen molar-refractivity contribution in [2.24, 2.45) is 0 Å². The van der Waals surface area contributed by atoms with Crippen LogP contribution in [0, 0.1) is 0 Å². The van der Waals surface area contributed by atoms with Gasteiger partial charge in [0.05, 0.1) is 13.2 Å². The second-order valence-corrected chi connectivity index (χ2v) is 7.84. The average molecular weight is 330 g/mol. The van der Waals surface area contributed by atoms with E-state index in [-0.39, 0.29) is 6.03 Å². The lowest BCUT2D eigenvalue weighted by Crippen LogP contribution is -2.48. The van der Waals surface area contributed by atoms with Crippen molar-refractivity contribution < 1.29 is 9.53 Å². The van der Waals surface area contributed by atoms with E-state index in [1.807, 2.05) is 23.7 Å². The molecule has 0 bridgehead atoms. The lowest BCUT2D eigenvalue weighted by molar-refractivity contribution is 0.0356. The summed E-state index contributed by atoms with van der Waals surface area (Å²) in [6.07, 6.45) is 4.79. The number of amides is 2. The highest BCUT2D eigenvalue weighted by Gasteiger charge is 2.24. The standard InChI is InChI=1S/C16H31N3O2S/c1-3-22-15-6-4-5-14(13-15)17-16(20)18(2)7-8-19-9-11-21-12-10-19/h14-15H,3-13H2,1-2H3,(H,17,20)/t14-,15+/m0/s1. The number of urea groups is 1. The van der Waals surface area contributed by atoms with Gasteiger partial charge in [0.2, 0.25) is 0 Å². The molecule has 128 valence electrons. The molecule has 6 heteroatoms. The molecule has 22 heavy (non-hydrogen) atoms. The number of rotatable bonds is 6. The first-order chi connectivity index (χ1) is 10.7. The molecular formula is C16H31N3O2S. The van der Waals surface area contributed by atoms with Crippen molar-refractivity contribution in [1.82, 2.24) is 15.1 Å². The summed E-state index contributed by atoms with van der Waals surface area (Å²) in [6.45, 7) is 7.52. The topological polar surface area (TPSA) is 44.8 Å². The van der Waals surface area contributed by atoms with Gasteiger partial charge in [-0.2, -0.15) is 11.8 Å². The van der Waals surface area contributed by atoms with Gasteiger partial charge in [-0.05, 0) is 25.0 Å². The summed E-state index contributed by atoms with van der Waals surface area (Å²) in [5.41, 5.74) is 0. The van der Waals surface area contributed by atoms with Gasteiger partial charge in [-0.15, -0.1) is 0 Å². The van der Waals surface area contributed by atoms with E-state index in [4.69, 9.17) is 4.74 Å². The Morgan fingerprint density at radius 3 is 2.86 bits per heavy atom. The second-order valence-electron chi connectivity index (χ2n) is 6.27. The molecule has 2 amide bonds. The largest absolute Gasteiger partial charge is 0.379 e. The molecule has 2 aliphatic rings. The van der Waals surface area contributed by atoms with E-state index in [0.717, 1.165) is 57.5 Å². The maximum absolute atomic E-state index is 12.3. The highest BCUT2D eigenvalue weighted by Crippen LogP contribution is 2.28. The number of likely N-dealkylation sites (N-methyl/N-ethyl adjacent to an activating group) is 1. The second kappa shape index (κ2) is 9.63. The summed E-state index contributed by atoms with van der Waals surface area (Å²) in [5.74, 6) is 1.17. The Kier molecular flexibility index (Phi) is 7.83. The van der Waals surface area contributed by atoms with E-state index in [1.165, 1.54) is 18.6 Å². The fraction of sp³-hybridized carbons (Fsp3) is 0.938. The van der Waals surface area contributed by atoms with Crippen molar-refractivity contribution in [1.29, 1.82) is 0 Å². The molecule has 0 radical (unpaired) electrons. The van der Waals surface area contributed by atoms with Crippen molar-refractivity contribution in [2.45, 2.75) is 43.9 Å². The molecule has 1 aliphatic carbocycles. The molecule has 0 unspecified atom stereocenters. The first kappa shape index (κ1) is 17.9. The van der Waals surface area contributed by atoms with Crippen molar-refractivity contribution in [3.05, 3.63) is 0 Å². The molecule has 2 rings (SSSR count). The Labute approximate surface area is 139 Å². The monoisotopic (exact) mass is 329 g/mol. The van der Waals surface area contributed by atoms with Crippen molar-refractivity contribution >= 4 is 17.8 Å². The smallest absolute Gasteiger partial charge is 0.317 e. The van der Waals surface area contributed by atoms with E-state index in [9.17, 15) is 4.79 Å². The molecule has 1 heterocycles. The van der Waals surface area contributed by atoms with Crippen molar-refractivity contribution in [2.75, 3.05) is 52.2 Å². The van der Waals surface area contributed by atoms with Gasteiger partial charge < -0.3 is 15.0 Å². The predicted molar refractivity (Wildman–Crippen MR) is 92.6 cm³/mol. The molecule has 2 fully saturated rings. The zero-order valence-electron chi connectivity index (χ0n) is 14.1. The molecule has 1 aliphatic heterocycles. The minimum atomic E-state index is 0.0837. The molecule has 1 saturated carbocycles. The molecular weight excluding hydrogens is 298 g/mol. The minimum absolute atomic E-state index is 0.0837. The van der Waals surface area contributed by atoms with E-state index >= 15 is 0 Å². The first-order valence-corrected chi connectivity index (χ1v) is 9.67. The van der Waals surface area contributed by atoms with Crippen LogP contribution in [0.5, 0.6) is 0 Å². The molecule has 0 aromatic rings. The zero-order chi connectivity index (χ0) is 15.8. The number of ether oxygens (including phenoxy) is 1. The summed E-state index contributed by atoms with van der Waals surface area (Å²) in [4.78, 5) is 16.5. The van der Waals surface area contributed by atoms with Crippen molar-refractivity contribution in [3.63, 3.8) is 0 Å². The fourth-order valence-corrected chi connectivity index (χ4v) is 4.34. The summed E-state index contributed by atoms with van der Waals surface area (Å²) in [5, 5.41) is 3.95. The minimum Gasteiger partial charge on any atom is -0.379 e. The quantitative estimate of drug-likeness (QED) is 0.810. The third kappa shape index (κ3) is 5.97. The molecule has 5 nitrogen and oxygen atoms in total. The number of hydrogen-bond acceptors (Lipinski definition) is 4. The van der Waals surface area contributed by atoms with Crippen LogP contribution in [0.3, 0.4) is 0 Å². The maximum atomic E-state index is 12.3. The summed E-state index contributed by atoms with van der Waals surface area (Å²) < 4.78 is 5.35. The predicted octanol–water partition coefficient (Wildman–Crippen LogP) is 2.02. The molecule has 0 aromatic heterocycles. The van der Waals surface area contributed by atoms with Gasteiger partial charge in [0.15, 0.2) is 0 Å². The van der Waals surface area contributed by atoms with E-state index < -0.39 is 0 Å². The average Bonchev–Trinajstić information content (AvgIpc) is 2.54. The van der Waals surface area contributed by atoms with Crippen LogP contribution in [0.25, 0.3) is 0 Å². The van der Waals surface area contributed by atoms with Gasteiger partial charge in [0.1, 0.15) is 0 Å². The Morgan fingerprint density at radius 1 is 1.36 bits per heavy atom. The summed E-state index contributed by atoms with van der Waals surface area (Å²) in [6, 6.07) is 0.441. The molecule has 0 aromatic carbocycles. The maximum Gasteiger partial charge on any atom is 0.317 e. The van der Waals surface area contributed by atoms with Crippen molar-refractivity contribution in [3.8, 4) is 0 Å².